The standard InChI is InChI=1S/C18H19N3O4S/c1-13-8-10-15(11-9-13)26(24,25)21-12-16(20(2)18(21)23)19-17(22)14-6-4-3-5-7-14/h3-11,16H,12H2,1-2H3,(H,19,22). The molecule has 136 valence electrons. The third kappa shape index (κ3) is 3.28. The van der Waals surface area contributed by atoms with E-state index >= 15 is 0 Å². The van der Waals surface area contributed by atoms with Gasteiger partial charge in [-0.25, -0.2) is 17.5 Å². The van der Waals surface area contributed by atoms with Crippen LogP contribution >= 0.6 is 0 Å². The average Bonchev–Trinajstić information content (AvgIpc) is 2.92. The molecule has 1 saturated heterocycles. The summed E-state index contributed by atoms with van der Waals surface area (Å²) in [5, 5.41) is 2.70. The number of nitrogens with one attached hydrogen (secondary N) is 1. The molecule has 3 rings (SSSR count). The molecule has 3 amide bonds. The van der Waals surface area contributed by atoms with Crippen LogP contribution in [0.5, 0.6) is 0 Å². The minimum atomic E-state index is -3.98. The van der Waals surface area contributed by atoms with Crippen LogP contribution in [0.25, 0.3) is 0 Å². The van der Waals surface area contributed by atoms with E-state index in [0.29, 0.717) is 5.56 Å². The van der Waals surface area contributed by atoms with Gasteiger partial charge in [-0.1, -0.05) is 35.9 Å². The van der Waals surface area contributed by atoms with E-state index in [9.17, 15) is 18.0 Å². The number of amides is 3. The summed E-state index contributed by atoms with van der Waals surface area (Å²) < 4.78 is 26.3. The van der Waals surface area contributed by atoms with Crippen LogP contribution in [0.3, 0.4) is 0 Å². The Hall–Kier alpha value is -2.87. The lowest BCUT2D eigenvalue weighted by atomic mass is 10.2. The van der Waals surface area contributed by atoms with Gasteiger partial charge < -0.3 is 10.2 Å². The van der Waals surface area contributed by atoms with Crippen molar-refractivity contribution in [2.45, 2.75) is 18.0 Å². The molecule has 1 unspecified atom stereocenters. The van der Waals surface area contributed by atoms with Gasteiger partial charge in [-0.15, -0.1) is 0 Å². The highest BCUT2D eigenvalue weighted by Gasteiger charge is 2.42. The first-order valence-electron chi connectivity index (χ1n) is 8.03. The van der Waals surface area contributed by atoms with Crippen LogP contribution < -0.4 is 5.32 Å². The minimum Gasteiger partial charge on any atom is -0.330 e. The van der Waals surface area contributed by atoms with E-state index in [1.807, 2.05) is 6.92 Å². The van der Waals surface area contributed by atoms with Gasteiger partial charge in [0.1, 0.15) is 6.17 Å². The number of hydrogen-bond donors (Lipinski definition) is 1. The van der Waals surface area contributed by atoms with E-state index in [-0.39, 0.29) is 17.3 Å². The van der Waals surface area contributed by atoms with Crippen molar-refractivity contribution in [1.29, 1.82) is 0 Å². The van der Waals surface area contributed by atoms with Crippen LogP contribution in [0.15, 0.2) is 59.5 Å². The Balaban J connectivity index is 1.80. The van der Waals surface area contributed by atoms with E-state index in [0.717, 1.165) is 9.87 Å². The van der Waals surface area contributed by atoms with Crippen LogP contribution in [0.4, 0.5) is 4.79 Å². The highest BCUT2D eigenvalue weighted by molar-refractivity contribution is 7.89. The summed E-state index contributed by atoms with van der Waals surface area (Å²) in [6.45, 7) is 1.70. The number of hydrogen-bond acceptors (Lipinski definition) is 4. The van der Waals surface area contributed by atoms with E-state index in [4.69, 9.17) is 0 Å². The molecule has 26 heavy (non-hydrogen) atoms. The Morgan fingerprint density at radius 1 is 1.08 bits per heavy atom. The lowest BCUT2D eigenvalue weighted by molar-refractivity contribution is 0.0912. The second-order valence-corrected chi connectivity index (χ2v) is 7.96. The second-order valence-electron chi connectivity index (χ2n) is 6.10. The van der Waals surface area contributed by atoms with Crippen molar-refractivity contribution in [3.63, 3.8) is 0 Å². The third-order valence-electron chi connectivity index (χ3n) is 4.26. The van der Waals surface area contributed by atoms with Crippen LogP contribution in [0.2, 0.25) is 0 Å². The molecule has 2 aromatic rings. The first kappa shape index (κ1) is 17.9. The molecule has 1 heterocycles. The summed E-state index contributed by atoms with van der Waals surface area (Å²) in [6.07, 6.45) is -0.740. The molecule has 1 fully saturated rings. The van der Waals surface area contributed by atoms with E-state index in [1.165, 1.54) is 24.1 Å². The van der Waals surface area contributed by atoms with Crippen molar-refractivity contribution >= 4 is 22.0 Å². The highest BCUT2D eigenvalue weighted by atomic mass is 32.2. The number of nitrogens with zero attached hydrogens (tertiary/aromatic N) is 2. The molecule has 0 bridgehead atoms. The normalized spacial score (nSPS) is 17.5. The van der Waals surface area contributed by atoms with Crippen LogP contribution in [-0.2, 0) is 10.0 Å². The molecular weight excluding hydrogens is 354 g/mol. The molecule has 1 aliphatic rings. The molecule has 0 spiro atoms. The van der Waals surface area contributed by atoms with Gasteiger partial charge in [-0.2, -0.15) is 0 Å². The maximum atomic E-state index is 12.8. The smallest absolute Gasteiger partial charge is 0.330 e. The number of aryl methyl sites for hydroxylation is 1. The van der Waals surface area contributed by atoms with Gasteiger partial charge >= 0.3 is 6.03 Å². The van der Waals surface area contributed by atoms with Crippen molar-refractivity contribution in [2.24, 2.45) is 0 Å². The van der Waals surface area contributed by atoms with Gasteiger partial charge in [-0.3, -0.25) is 4.79 Å². The van der Waals surface area contributed by atoms with Crippen LogP contribution in [-0.4, -0.2) is 49.3 Å². The SMILES string of the molecule is Cc1ccc(S(=O)(=O)N2CC(NC(=O)c3ccccc3)N(C)C2=O)cc1. The highest BCUT2D eigenvalue weighted by Crippen LogP contribution is 2.23. The molecule has 1 atom stereocenters. The first-order chi connectivity index (χ1) is 12.3. The fraction of sp³-hybridized carbons (Fsp3) is 0.222. The van der Waals surface area contributed by atoms with Crippen LogP contribution in [0, 0.1) is 6.92 Å². The Labute approximate surface area is 152 Å². The van der Waals surface area contributed by atoms with Gasteiger partial charge in [0.25, 0.3) is 15.9 Å². The first-order valence-corrected chi connectivity index (χ1v) is 9.47. The molecule has 0 aromatic heterocycles. The molecule has 7 nitrogen and oxygen atoms in total. The monoisotopic (exact) mass is 373 g/mol. The quantitative estimate of drug-likeness (QED) is 0.885. The topological polar surface area (TPSA) is 86.8 Å². The van der Waals surface area contributed by atoms with Gasteiger partial charge in [0.05, 0.1) is 11.4 Å². The zero-order valence-corrected chi connectivity index (χ0v) is 15.2. The lowest BCUT2D eigenvalue weighted by Gasteiger charge is -2.18. The van der Waals surface area contributed by atoms with Gasteiger partial charge in [0, 0.05) is 12.6 Å². The Morgan fingerprint density at radius 2 is 1.69 bits per heavy atom. The molecule has 1 N–H and O–H groups in total. The Morgan fingerprint density at radius 3 is 2.31 bits per heavy atom. The van der Waals surface area contributed by atoms with Gasteiger partial charge in [-0.05, 0) is 31.2 Å². The molecular formula is C18H19N3O4S. The maximum absolute atomic E-state index is 12.8. The average molecular weight is 373 g/mol. The molecule has 0 aliphatic carbocycles. The van der Waals surface area contributed by atoms with E-state index in [2.05, 4.69) is 5.32 Å². The second kappa shape index (κ2) is 6.80. The summed E-state index contributed by atoms with van der Waals surface area (Å²) in [4.78, 5) is 26.0. The molecule has 2 aromatic carbocycles. The summed E-state index contributed by atoms with van der Waals surface area (Å²) in [7, 11) is -2.52. The number of rotatable bonds is 4. The number of carbonyl (C=O) groups is 2. The van der Waals surface area contributed by atoms with Crippen molar-refractivity contribution in [3.8, 4) is 0 Å². The number of urea groups is 1. The zero-order chi connectivity index (χ0) is 18.9. The Kier molecular flexibility index (Phi) is 4.69. The van der Waals surface area contributed by atoms with Gasteiger partial charge in [0.15, 0.2) is 0 Å². The Bertz CT molecular complexity index is 927. The zero-order valence-electron chi connectivity index (χ0n) is 14.4. The van der Waals surface area contributed by atoms with E-state index < -0.39 is 22.2 Å². The fourth-order valence-electron chi connectivity index (χ4n) is 2.67. The van der Waals surface area contributed by atoms with Crippen molar-refractivity contribution < 1.29 is 18.0 Å². The number of carbonyl (C=O) groups excluding carboxylic acids is 2. The van der Waals surface area contributed by atoms with Crippen molar-refractivity contribution in [2.75, 3.05) is 13.6 Å². The number of likely N-dealkylation sites (N-methyl/N-ethyl adjacent to an activating group) is 1. The summed E-state index contributed by atoms with van der Waals surface area (Å²) in [6, 6.07) is 14.1. The minimum absolute atomic E-state index is 0.0416. The third-order valence-corrected chi connectivity index (χ3v) is 6.02. The molecule has 8 heteroatoms. The molecule has 1 aliphatic heterocycles. The summed E-state index contributed by atoms with van der Waals surface area (Å²) in [5.41, 5.74) is 1.36. The largest absolute Gasteiger partial charge is 0.335 e. The molecule has 0 radical (unpaired) electrons. The maximum Gasteiger partial charge on any atom is 0.335 e. The summed E-state index contributed by atoms with van der Waals surface area (Å²) in [5.74, 6) is -0.371. The lowest BCUT2D eigenvalue weighted by Crippen LogP contribution is -2.44. The van der Waals surface area contributed by atoms with Crippen LogP contribution in [0.1, 0.15) is 15.9 Å². The predicted octanol–water partition coefficient (Wildman–Crippen LogP) is 1.81. The van der Waals surface area contributed by atoms with Crippen molar-refractivity contribution in [1.82, 2.24) is 14.5 Å². The predicted molar refractivity (Wildman–Crippen MR) is 95.9 cm³/mol. The molecule has 0 saturated carbocycles. The van der Waals surface area contributed by atoms with Gasteiger partial charge in [0.2, 0.25) is 0 Å². The van der Waals surface area contributed by atoms with Crippen molar-refractivity contribution in [3.05, 3.63) is 65.7 Å². The summed E-state index contributed by atoms with van der Waals surface area (Å²) >= 11 is 0. The fourth-order valence-corrected chi connectivity index (χ4v) is 4.08. The number of benzene rings is 2. The van der Waals surface area contributed by atoms with E-state index in [1.54, 1.807) is 42.5 Å². The number of sulfonamides is 1.